The molecule has 2 atom stereocenters. The van der Waals surface area contributed by atoms with Gasteiger partial charge in [0.2, 0.25) is 5.91 Å². The summed E-state index contributed by atoms with van der Waals surface area (Å²) in [5, 5.41) is 0. The highest BCUT2D eigenvalue weighted by molar-refractivity contribution is 5.98. The molecule has 0 bridgehead atoms. The van der Waals surface area contributed by atoms with Crippen LogP contribution in [0.3, 0.4) is 0 Å². The Morgan fingerprint density at radius 3 is 2.24 bits per heavy atom. The van der Waals surface area contributed by atoms with Gasteiger partial charge in [-0.25, -0.2) is 4.39 Å². The molecule has 0 saturated carbocycles. The van der Waals surface area contributed by atoms with E-state index in [0.29, 0.717) is 29.5 Å². The predicted molar refractivity (Wildman–Crippen MR) is 108 cm³/mol. The van der Waals surface area contributed by atoms with E-state index in [1.54, 1.807) is 54.6 Å². The van der Waals surface area contributed by atoms with E-state index in [2.05, 4.69) is 0 Å². The van der Waals surface area contributed by atoms with Crippen LogP contribution in [0.4, 0.5) is 4.39 Å². The number of carbonyl (C=O) groups excluding carboxylic acids is 2. The third kappa shape index (κ3) is 3.51. The second-order valence-electron chi connectivity index (χ2n) is 7.16. The Bertz CT molecular complexity index is 1040. The lowest BCUT2D eigenvalue weighted by molar-refractivity contribution is -0.123. The van der Waals surface area contributed by atoms with E-state index in [1.165, 1.54) is 11.0 Å². The van der Waals surface area contributed by atoms with E-state index in [0.717, 1.165) is 5.56 Å². The average Bonchev–Trinajstić information content (AvgIpc) is 3.17. The second-order valence-corrected chi connectivity index (χ2v) is 7.16. The van der Waals surface area contributed by atoms with Crippen molar-refractivity contribution in [1.29, 1.82) is 0 Å². The topological polar surface area (TPSA) is 63.4 Å². The maximum atomic E-state index is 14.3. The first kappa shape index (κ1) is 18.9. The Kier molecular flexibility index (Phi) is 5.12. The van der Waals surface area contributed by atoms with Crippen molar-refractivity contribution in [2.75, 3.05) is 0 Å². The highest BCUT2D eigenvalue weighted by Gasteiger charge is 2.39. The van der Waals surface area contributed by atoms with Gasteiger partial charge in [0, 0.05) is 5.56 Å². The highest BCUT2D eigenvalue weighted by atomic mass is 19.1. The number of hydrogen-bond donors (Lipinski definition) is 1. The van der Waals surface area contributed by atoms with Gasteiger partial charge < -0.3 is 10.6 Å². The molecule has 2 N–H and O–H groups in total. The fourth-order valence-corrected chi connectivity index (χ4v) is 4.14. The standard InChI is InChI=1S/C24H21FN2O2/c25-20-13-7-12-19-18(20)14-15-21(19)27(24(29)17-10-5-2-6-11-17)22(23(26)28)16-8-3-1-4-9-16/h1-13,21-22H,14-15H2,(H2,26,28)/t21-,22-/m1/s1. The van der Waals surface area contributed by atoms with Crippen molar-refractivity contribution >= 4 is 11.8 Å². The van der Waals surface area contributed by atoms with Crippen molar-refractivity contribution in [3.8, 4) is 0 Å². The minimum Gasteiger partial charge on any atom is -0.368 e. The quantitative estimate of drug-likeness (QED) is 0.713. The molecule has 1 aliphatic carbocycles. The largest absolute Gasteiger partial charge is 0.368 e. The van der Waals surface area contributed by atoms with Crippen LogP contribution in [0.1, 0.15) is 45.6 Å². The lowest BCUT2D eigenvalue weighted by atomic mass is 9.98. The monoisotopic (exact) mass is 388 g/mol. The van der Waals surface area contributed by atoms with Gasteiger partial charge in [-0.15, -0.1) is 0 Å². The lowest BCUT2D eigenvalue weighted by Crippen LogP contribution is -2.43. The number of fused-ring (bicyclic) bond motifs is 1. The smallest absolute Gasteiger partial charge is 0.255 e. The van der Waals surface area contributed by atoms with Gasteiger partial charge in [0.25, 0.3) is 5.91 Å². The van der Waals surface area contributed by atoms with Crippen LogP contribution in [0, 0.1) is 5.82 Å². The van der Waals surface area contributed by atoms with Crippen molar-refractivity contribution in [2.45, 2.75) is 24.9 Å². The number of benzene rings is 3. The van der Waals surface area contributed by atoms with Gasteiger partial charge in [0.05, 0.1) is 6.04 Å². The molecule has 0 fully saturated rings. The third-order valence-corrected chi connectivity index (χ3v) is 5.44. The number of amides is 2. The first-order valence-corrected chi connectivity index (χ1v) is 9.57. The fourth-order valence-electron chi connectivity index (χ4n) is 4.14. The third-order valence-electron chi connectivity index (χ3n) is 5.44. The number of nitrogens with two attached hydrogens (primary N) is 1. The lowest BCUT2D eigenvalue weighted by Gasteiger charge is -2.36. The maximum Gasteiger partial charge on any atom is 0.255 e. The summed E-state index contributed by atoms with van der Waals surface area (Å²) >= 11 is 0. The van der Waals surface area contributed by atoms with E-state index in [9.17, 15) is 14.0 Å². The summed E-state index contributed by atoms with van der Waals surface area (Å²) < 4.78 is 14.3. The molecule has 4 nitrogen and oxygen atoms in total. The summed E-state index contributed by atoms with van der Waals surface area (Å²) in [4.78, 5) is 27.7. The molecule has 29 heavy (non-hydrogen) atoms. The normalized spacial score (nSPS) is 16.1. The number of nitrogens with zero attached hydrogens (tertiary/aromatic N) is 1. The Hall–Kier alpha value is -3.47. The summed E-state index contributed by atoms with van der Waals surface area (Å²) in [6, 6.07) is 21.3. The Morgan fingerprint density at radius 1 is 0.931 bits per heavy atom. The number of rotatable bonds is 5. The van der Waals surface area contributed by atoms with Crippen molar-refractivity contribution in [2.24, 2.45) is 5.73 Å². The second kappa shape index (κ2) is 7.87. The van der Waals surface area contributed by atoms with Crippen molar-refractivity contribution in [3.05, 3.63) is 107 Å². The van der Waals surface area contributed by atoms with Crippen LogP contribution in [0.25, 0.3) is 0 Å². The highest BCUT2D eigenvalue weighted by Crippen LogP contribution is 2.41. The van der Waals surface area contributed by atoms with E-state index in [-0.39, 0.29) is 11.7 Å². The molecule has 0 saturated heterocycles. The summed E-state index contributed by atoms with van der Waals surface area (Å²) in [7, 11) is 0. The van der Waals surface area contributed by atoms with Crippen LogP contribution >= 0.6 is 0 Å². The van der Waals surface area contributed by atoms with Crippen LogP contribution < -0.4 is 5.73 Å². The van der Waals surface area contributed by atoms with Gasteiger partial charge in [-0.05, 0) is 47.7 Å². The fraction of sp³-hybridized carbons (Fsp3) is 0.167. The van der Waals surface area contributed by atoms with E-state index < -0.39 is 18.0 Å². The zero-order chi connectivity index (χ0) is 20.4. The minimum atomic E-state index is -0.955. The molecule has 0 radical (unpaired) electrons. The molecule has 5 heteroatoms. The summed E-state index contributed by atoms with van der Waals surface area (Å²) in [5.74, 6) is -1.21. The maximum absolute atomic E-state index is 14.3. The Morgan fingerprint density at radius 2 is 1.59 bits per heavy atom. The molecule has 0 aromatic heterocycles. The predicted octanol–water partition coefficient (Wildman–Crippen LogP) is 4.18. The van der Waals surface area contributed by atoms with Gasteiger partial charge in [0.15, 0.2) is 0 Å². The van der Waals surface area contributed by atoms with Crippen molar-refractivity contribution in [3.63, 3.8) is 0 Å². The van der Waals surface area contributed by atoms with Gasteiger partial charge in [0.1, 0.15) is 11.9 Å². The van der Waals surface area contributed by atoms with Crippen LogP contribution in [-0.2, 0) is 11.2 Å². The molecule has 2 amide bonds. The van der Waals surface area contributed by atoms with E-state index >= 15 is 0 Å². The van der Waals surface area contributed by atoms with Crippen molar-refractivity contribution < 1.29 is 14.0 Å². The molecule has 1 aliphatic rings. The molecule has 146 valence electrons. The minimum absolute atomic E-state index is 0.285. The summed E-state index contributed by atoms with van der Waals surface area (Å²) in [6.07, 6.45) is 1.04. The van der Waals surface area contributed by atoms with Gasteiger partial charge >= 0.3 is 0 Å². The zero-order valence-corrected chi connectivity index (χ0v) is 15.8. The summed E-state index contributed by atoms with van der Waals surface area (Å²) in [5.41, 5.74) is 8.22. The van der Waals surface area contributed by atoms with Crippen LogP contribution in [0.2, 0.25) is 0 Å². The van der Waals surface area contributed by atoms with Gasteiger partial charge in [-0.1, -0.05) is 60.7 Å². The SMILES string of the molecule is NC(=O)[C@@H](c1ccccc1)N(C(=O)c1ccccc1)[C@@H]1CCc2c(F)cccc21. The van der Waals surface area contributed by atoms with Crippen LogP contribution in [0.5, 0.6) is 0 Å². The first-order chi connectivity index (χ1) is 14.1. The first-order valence-electron chi connectivity index (χ1n) is 9.57. The number of primary amides is 1. The van der Waals surface area contributed by atoms with E-state index in [4.69, 9.17) is 5.73 Å². The van der Waals surface area contributed by atoms with Gasteiger partial charge in [-0.3, -0.25) is 9.59 Å². The molecule has 3 aromatic rings. The van der Waals surface area contributed by atoms with Gasteiger partial charge in [-0.2, -0.15) is 0 Å². The average molecular weight is 388 g/mol. The van der Waals surface area contributed by atoms with Crippen LogP contribution in [-0.4, -0.2) is 16.7 Å². The molecular weight excluding hydrogens is 367 g/mol. The molecule has 0 unspecified atom stereocenters. The Labute approximate surface area is 168 Å². The number of carbonyl (C=O) groups is 2. The molecular formula is C24H21FN2O2. The number of hydrogen-bond acceptors (Lipinski definition) is 2. The van der Waals surface area contributed by atoms with Crippen molar-refractivity contribution in [1.82, 2.24) is 4.90 Å². The van der Waals surface area contributed by atoms with E-state index in [1.807, 2.05) is 18.2 Å². The zero-order valence-electron chi connectivity index (χ0n) is 15.8. The van der Waals surface area contributed by atoms with Crippen LogP contribution in [0.15, 0.2) is 78.9 Å². The molecule has 3 aromatic carbocycles. The molecule has 0 spiro atoms. The molecule has 0 aliphatic heterocycles. The molecule has 0 heterocycles. The summed E-state index contributed by atoms with van der Waals surface area (Å²) in [6.45, 7) is 0. The Balaban J connectivity index is 1.86. The molecule has 4 rings (SSSR count). The number of halogens is 1.